The van der Waals surface area contributed by atoms with E-state index in [0.29, 0.717) is 17.5 Å². The number of hydrogen-bond donors (Lipinski definition) is 1. The van der Waals surface area contributed by atoms with Gasteiger partial charge in [-0.25, -0.2) is 0 Å². The van der Waals surface area contributed by atoms with Gasteiger partial charge >= 0.3 is 0 Å². The zero-order valence-corrected chi connectivity index (χ0v) is 19.9. The number of rotatable bonds is 7. The summed E-state index contributed by atoms with van der Waals surface area (Å²) in [4.78, 5) is 16.1. The Labute approximate surface area is 194 Å². The first kappa shape index (κ1) is 22.0. The fourth-order valence-corrected chi connectivity index (χ4v) is 5.94. The number of amides is 1. The van der Waals surface area contributed by atoms with Crippen LogP contribution in [0.2, 0.25) is 0 Å². The summed E-state index contributed by atoms with van der Waals surface area (Å²) >= 11 is 4.75. The van der Waals surface area contributed by atoms with E-state index in [0.717, 1.165) is 39.4 Å². The van der Waals surface area contributed by atoms with E-state index in [4.69, 9.17) is 4.74 Å². The number of carbonyl (C=O) groups is 1. The second-order valence-corrected chi connectivity index (χ2v) is 10.8. The quantitative estimate of drug-likeness (QED) is 0.476. The van der Waals surface area contributed by atoms with Crippen LogP contribution in [0.1, 0.15) is 18.9 Å². The van der Waals surface area contributed by atoms with Gasteiger partial charge in [0.25, 0.3) is 0 Å². The minimum absolute atomic E-state index is 0.107. The molecule has 31 heavy (non-hydrogen) atoms. The highest BCUT2D eigenvalue weighted by Gasteiger charge is 2.24. The Balaban J connectivity index is 1.32. The Morgan fingerprint density at radius 1 is 1.23 bits per heavy atom. The molecule has 1 aromatic heterocycles. The minimum atomic E-state index is 0.107. The van der Waals surface area contributed by atoms with Crippen molar-refractivity contribution in [2.24, 2.45) is 0 Å². The van der Waals surface area contributed by atoms with E-state index < -0.39 is 0 Å². The molecule has 0 saturated heterocycles. The van der Waals surface area contributed by atoms with Gasteiger partial charge in [0.15, 0.2) is 4.34 Å². The van der Waals surface area contributed by atoms with Crippen LogP contribution in [0.5, 0.6) is 5.75 Å². The number of carbonyl (C=O) groups excluding carboxylic acids is 1. The Morgan fingerprint density at radius 3 is 2.84 bits per heavy atom. The van der Waals surface area contributed by atoms with Gasteiger partial charge in [-0.3, -0.25) is 4.79 Å². The zero-order chi connectivity index (χ0) is 21.6. The molecule has 0 aliphatic carbocycles. The predicted molar refractivity (Wildman–Crippen MR) is 130 cm³/mol. The van der Waals surface area contributed by atoms with Crippen molar-refractivity contribution in [3.63, 3.8) is 0 Å². The molecule has 0 spiro atoms. The van der Waals surface area contributed by atoms with Crippen molar-refractivity contribution in [2.45, 2.75) is 34.4 Å². The molecule has 0 bridgehead atoms. The van der Waals surface area contributed by atoms with Gasteiger partial charge in [0.2, 0.25) is 11.0 Å². The van der Waals surface area contributed by atoms with E-state index in [1.54, 1.807) is 7.11 Å². The third-order valence-electron chi connectivity index (χ3n) is 4.87. The molecular formula is C22H24N4O2S3. The van der Waals surface area contributed by atoms with Crippen molar-refractivity contribution in [2.75, 3.05) is 29.6 Å². The number of thioether (sulfide) groups is 2. The predicted octanol–water partition coefficient (Wildman–Crippen LogP) is 5.17. The number of nitrogens with one attached hydrogen (secondary N) is 1. The number of aromatic nitrogens is 2. The molecule has 1 N–H and O–H groups in total. The molecule has 3 aromatic rings. The van der Waals surface area contributed by atoms with E-state index in [2.05, 4.69) is 28.5 Å². The maximum atomic E-state index is 13.0. The Hall–Kier alpha value is -2.23. The van der Waals surface area contributed by atoms with Crippen LogP contribution in [0.3, 0.4) is 0 Å². The maximum Gasteiger partial charge on any atom is 0.237 e. The minimum Gasteiger partial charge on any atom is -0.497 e. The van der Waals surface area contributed by atoms with Crippen LogP contribution >= 0.6 is 34.9 Å². The molecule has 0 fully saturated rings. The summed E-state index contributed by atoms with van der Waals surface area (Å²) in [7, 11) is 1.66. The number of hydrogen-bond acceptors (Lipinski definition) is 8. The van der Waals surface area contributed by atoms with E-state index in [1.165, 1.54) is 28.0 Å². The molecule has 1 aliphatic rings. The molecule has 1 amide bonds. The number of ether oxygens (including phenoxy) is 1. The summed E-state index contributed by atoms with van der Waals surface area (Å²) in [5, 5.41) is 13.0. The van der Waals surface area contributed by atoms with Crippen LogP contribution < -0.4 is 15.0 Å². The lowest BCUT2D eigenvalue weighted by molar-refractivity contribution is -0.116. The monoisotopic (exact) mass is 472 g/mol. The largest absolute Gasteiger partial charge is 0.497 e. The fraction of sp³-hybridized carbons (Fsp3) is 0.318. The third-order valence-corrected chi connectivity index (χ3v) is 8.11. The summed E-state index contributed by atoms with van der Waals surface area (Å²) in [6.45, 7) is 3.61. The van der Waals surface area contributed by atoms with Crippen molar-refractivity contribution >= 4 is 51.6 Å². The molecule has 0 radical (unpaired) electrons. The van der Waals surface area contributed by atoms with Crippen molar-refractivity contribution in [1.29, 1.82) is 0 Å². The lowest BCUT2D eigenvalue weighted by Crippen LogP contribution is -2.33. The zero-order valence-electron chi connectivity index (χ0n) is 17.4. The van der Waals surface area contributed by atoms with Crippen LogP contribution in [0.15, 0.2) is 57.8 Å². The molecule has 2 heterocycles. The lowest BCUT2D eigenvalue weighted by Gasteiger charge is -2.22. The number of methoxy groups -OCH3 is 1. The van der Waals surface area contributed by atoms with E-state index >= 15 is 0 Å². The number of para-hydroxylation sites is 1. The summed E-state index contributed by atoms with van der Waals surface area (Å²) in [6.07, 6.45) is 0.980. The lowest BCUT2D eigenvalue weighted by atomic mass is 10.2. The third kappa shape index (κ3) is 5.72. The summed E-state index contributed by atoms with van der Waals surface area (Å²) in [5.41, 5.74) is 2.15. The van der Waals surface area contributed by atoms with Crippen molar-refractivity contribution < 1.29 is 9.53 Å². The topological polar surface area (TPSA) is 67.3 Å². The van der Waals surface area contributed by atoms with Crippen LogP contribution in [-0.4, -0.2) is 40.8 Å². The van der Waals surface area contributed by atoms with Crippen LogP contribution in [0.25, 0.3) is 0 Å². The maximum absolute atomic E-state index is 13.0. The first-order valence-electron chi connectivity index (χ1n) is 10.0. The van der Waals surface area contributed by atoms with Crippen LogP contribution in [0.4, 0.5) is 10.8 Å². The summed E-state index contributed by atoms with van der Waals surface area (Å²) < 4.78 is 5.97. The van der Waals surface area contributed by atoms with Crippen LogP contribution in [0, 0.1) is 0 Å². The molecule has 162 valence electrons. The van der Waals surface area contributed by atoms with Gasteiger partial charge < -0.3 is 15.0 Å². The van der Waals surface area contributed by atoms with Gasteiger partial charge in [-0.15, -0.1) is 22.0 Å². The molecule has 1 unspecified atom stereocenters. The second-order valence-electron chi connectivity index (χ2n) is 7.09. The molecule has 1 atom stereocenters. The number of anilines is 2. The second kappa shape index (κ2) is 10.4. The van der Waals surface area contributed by atoms with Crippen molar-refractivity contribution in [3.8, 4) is 5.75 Å². The van der Waals surface area contributed by atoms with E-state index in [1.807, 2.05) is 59.1 Å². The molecule has 4 rings (SSSR count). The number of fused-ring (bicyclic) bond motifs is 1. The molecule has 6 nitrogen and oxygen atoms in total. The van der Waals surface area contributed by atoms with E-state index in [9.17, 15) is 4.79 Å². The standard InChI is InChI=1S/C22H24N4O2S3/c1-15-11-12-26(18-5-3-4-6-19(18)30-15)20(27)14-29-22-25-24-21(31-22)23-13-16-7-9-17(28-2)10-8-16/h3-10,15H,11-14H2,1-2H3,(H,23,24). The highest BCUT2D eigenvalue weighted by Crippen LogP contribution is 2.37. The average molecular weight is 473 g/mol. The van der Waals surface area contributed by atoms with Gasteiger partial charge in [-0.05, 0) is 36.2 Å². The first-order valence-corrected chi connectivity index (χ1v) is 12.7. The summed E-state index contributed by atoms with van der Waals surface area (Å²) in [6, 6.07) is 16.1. The van der Waals surface area contributed by atoms with Gasteiger partial charge in [-0.2, -0.15) is 0 Å². The van der Waals surface area contributed by atoms with Gasteiger partial charge in [-0.1, -0.05) is 54.3 Å². The highest BCUT2D eigenvalue weighted by molar-refractivity contribution is 8.01. The van der Waals surface area contributed by atoms with Gasteiger partial charge in [0.1, 0.15) is 5.75 Å². The highest BCUT2D eigenvalue weighted by atomic mass is 32.2. The molecule has 1 aliphatic heterocycles. The SMILES string of the molecule is COc1ccc(CNc2nnc(SCC(=O)N3CCC(C)Sc4ccccc43)s2)cc1. The van der Waals surface area contributed by atoms with Gasteiger partial charge in [0.05, 0.1) is 18.6 Å². The molecule has 2 aromatic carbocycles. The molecule has 9 heteroatoms. The van der Waals surface area contributed by atoms with E-state index in [-0.39, 0.29) is 5.91 Å². The first-order chi connectivity index (χ1) is 15.1. The smallest absolute Gasteiger partial charge is 0.237 e. The Bertz CT molecular complexity index is 1030. The van der Waals surface area contributed by atoms with Crippen LogP contribution in [-0.2, 0) is 11.3 Å². The fourth-order valence-electron chi connectivity index (χ4n) is 3.21. The Morgan fingerprint density at radius 2 is 2.03 bits per heavy atom. The number of nitrogens with zero attached hydrogens (tertiary/aromatic N) is 3. The number of benzene rings is 2. The van der Waals surface area contributed by atoms with Crippen molar-refractivity contribution in [3.05, 3.63) is 54.1 Å². The van der Waals surface area contributed by atoms with Gasteiger partial charge in [0, 0.05) is 23.2 Å². The summed E-state index contributed by atoms with van der Waals surface area (Å²) in [5.74, 6) is 1.29. The van der Waals surface area contributed by atoms with Crippen molar-refractivity contribution in [1.82, 2.24) is 10.2 Å². The average Bonchev–Trinajstić information content (AvgIpc) is 3.18. The molecule has 0 saturated carbocycles. The Kier molecular flexibility index (Phi) is 7.37. The molecular weight excluding hydrogens is 448 g/mol. The normalized spacial score (nSPS) is 15.8.